The summed E-state index contributed by atoms with van der Waals surface area (Å²) in [4.78, 5) is 11.8. The average molecular weight is 313 g/mol. The maximum atomic E-state index is 11.8. The third-order valence-electron chi connectivity index (χ3n) is 3.09. The Balaban J connectivity index is 0.00000220. The molecule has 0 unspecified atom stereocenters. The van der Waals surface area contributed by atoms with E-state index in [-0.39, 0.29) is 18.3 Å². The first kappa shape index (κ1) is 17.3. The minimum absolute atomic E-state index is 0. The van der Waals surface area contributed by atoms with E-state index < -0.39 is 0 Å². The molecule has 116 valence electrons. The van der Waals surface area contributed by atoms with Crippen LogP contribution in [0.3, 0.4) is 0 Å². The van der Waals surface area contributed by atoms with Crippen molar-refractivity contribution in [2.75, 3.05) is 26.7 Å². The summed E-state index contributed by atoms with van der Waals surface area (Å²) in [5.41, 5.74) is 1.63. The molecule has 2 N–H and O–H groups in total. The molecule has 0 aliphatic carbocycles. The van der Waals surface area contributed by atoms with Crippen molar-refractivity contribution in [1.29, 1.82) is 0 Å². The molecule has 21 heavy (non-hydrogen) atoms. The molecular weight excluding hydrogens is 292 g/mol. The third-order valence-corrected chi connectivity index (χ3v) is 3.09. The second-order valence-corrected chi connectivity index (χ2v) is 4.50. The minimum Gasteiger partial charge on any atom is -0.497 e. The second-order valence-electron chi connectivity index (χ2n) is 4.50. The van der Waals surface area contributed by atoms with Gasteiger partial charge in [0.1, 0.15) is 11.3 Å². The number of nitrogens with one attached hydrogen (secondary N) is 2. The summed E-state index contributed by atoms with van der Waals surface area (Å²) in [5, 5.41) is 6.98. The van der Waals surface area contributed by atoms with E-state index in [1.165, 1.54) is 0 Å². The number of ether oxygens (including phenoxy) is 1. The number of hydrogen-bond acceptors (Lipinski definition) is 4. The average Bonchev–Trinajstić information content (AvgIpc) is 2.86. The second kappa shape index (κ2) is 8.54. The molecule has 6 heteroatoms. The van der Waals surface area contributed by atoms with Crippen LogP contribution >= 0.6 is 12.4 Å². The van der Waals surface area contributed by atoms with Crippen LogP contribution in [0.2, 0.25) is 0 Å². The Labute approximate surface area is 130 Å². The lowest BCUT2D eigenvalue weighted by atomic mass is 10.1. The quantitative estimate of drug-likeness (QED) is 0.769. The molecule has 1 heterocycles. The summed E-state index contributed by atoms with van der Waals surface area (Å²) in [6.45, 7) is 4.36. The number of carbonyl (C=O) groups is 1. The van der Waals surface area contributed by atoms with Gasteiger partial charge in [0.05, 0.1) is 19.8 Å². The standard InChI is InChI=1S/C15H20N2O3.ClH/c1-3-16-6-7-17-15(18)8-11-10-20-14-9-12(19-2)4-5-13(11)14;/h4-5,9-10,16H,3,6-8H2,1-2H3,(H,17,18);1H. The van der Waals surface area contributed by atoms with Crippen molar-refractivity contribution in [2.24, 2.45) is 0 Å². The highest BCUT2D eigenvalue weighted by Crippen LogP contribution is 2.25. The number of fused-ring (bicyclic) bond motifs is 1. The Morgan fingerprint density at radius 1 is 1.33 bits per heavy atom. The largest absolute Gasteiger partial charge is 0.497 e. The lowest BCUT2D eigenvalue weighted by molar-refractivity contribution is -0.120. The van der Waals surface area contributed by atoms with Gasteiger partial charge in [-0.05, 0) is 18.7 Å². The molecule has 0 saturated carbocycles. The summed E-state index contributed by atoms with van der Waals surface area (Å²) in [7, 11) is 1.61. The number of benzene rings is 1. The van der Waals surface area contributed by atoms with Crippen LogP contribution in [-0.2, 0) is 11.2 Å². The molecule has 2 rings (SSSR count). The molecule has 0 aliphatic heterocycles. The summed E-state index contributed by atoms with van der Waals surface area (Å²) in [5.74, 6) is 0.745. The number of carbonyl (C=O) groups excluding carboxylic acids is 1. The van der Waals surface area contributed by atoms with Crippen LogP contribution in [0.4, 0.5) is 0 Å². The fourth-order valence-electron chi connectivity index (χ4n) is 2.03. The number of likely N-dealkylation sites (N-methyl/N-ethyl adjacent to an activating group) is 1. The Morgan fingerprint density at radius 3 is 2.86 bits per heavy atom. The number of methoxy groups -OCH3 is 1. The van der Waals surface area contributed by atoms with Crippen LogP contribution in [0.1, 0.15) is 12.5 Å². The van der Waals surface area contributed by atoms with Crippen molar-refractivity contribution >= 4 is 29.3 Å². The molecule has 0 saturated heterocycles. The molecule has 0 radical (unpaired) electrons. The van der Waals surface area contributed by atoms with Crippen LogP contribution in [0, 0.1) is 0 Å². The molecule has 1 amide bonds. The van der Waals surface area contributed by atoms with Gasteiger partial charge in [-0.1, -0.05) is 6.92 Å². The smallest absolute Gasteiger partial charge is 0.224 e. The van der Waals surface area contributed by atoms with Crippen LogP contribution in [0.15, 0.2) is 28.9 Å². The summed E-state index contributed by atoms with van der Waals surface area (Å²) in [6.07, 6.45) is 1.96. The minimum atomic E-state index is 0. The van der Waals surface area contributed by atoms with Gasteiger partial charge >= 0.3 is 0 Å². The Bertz CT molecular complexity index is 583. The third kappa shape index (κ3) is 4.65. The van der Waals surface area contributed by atoms with Crippen LogP contribution < -0.4 is 15.4 Å². The summed E-state index contributed by atoms with van der Waals surface area (Å²) < 4.78 is 10.6. The van der Waals surface area contributed by atoms with E-state index in [1.807, 2.05) is 25.1 Å². The Hall–Kier alpha value is -1.72. The maximum absolute atomic E-state index is 11.8. The zero-order valence-electron chi connectivity index (χ0n) is 12.3. The van der Waals surface area contributed by atoms with Gasteiger partial charge in [0, 0.05) is 30.1 Å². The van der Waals surface area contributed by atoms with E-state index in [1.54, 1.807) is 13.4 Å². The van der Waals surface area contributed by atoms with Crippen LogP contribution in [0.25, 0.3) is 11.0 Å². The fraction of sp³-hybridized carbons (Fsp3) is 0.400. The van der Waals surface area contributed by atoms with Crippen molar-refractivity contribution < 1.29 is 13.9 Å². The highest BCUT2D eigenvalue weighted by atomic mass is 35.5. The van der Waals surface area contributed by atoms with E-state index in [0.29, 0.717) is 13.0 Å². The van der Waals surface area contributed by atoms with E-state index in [9.17, 15) is 4.79 Å². The number of furan rings is 1. The molecule has 2 aromatic rings. The molecule has 0 aliphatic rings. The van der Waals surface area contributed by atoms with Gasteiger partial charge in [0.2, 0.25) is 5.91 Å². The predicted molar refractivity (Wildman–Crippen MR) is 85.3 cm³/mol. The molecular formula is C15H21ClN2O3. The molecule has 1 aromatic carbocycles. The predicted octanol–water partition coefficient (Wildman–Crippen LogP) is 2.13. The summed E-state index contributed by atoms with van der Waals surface area (Å²) in [6, 6.07) is 5.60. The zero-order chi connectivity index (χ0) is 14.4. The van der Waals surface area contributed by atoms with E-state index in [4.69, 9.17) is 9.15 Å². The highest BCUT2D eigenvalue weighted by Gasteiger charge is 2.10. The number of rotatable bonds is 7. The van der Waals surface area contributed by atoms with Gasteiger partial charge < -0.3 is 19.8 Å². The lowest BCUT2D eigenvalue weighted by Crippen LogP contribution is -2.32. The van der Waals surface area contributed by atoms with Crippen molar-refractivity contribution in [1.82, 2.24) is 10.6 Å². The van der Waals surface area contributed by atoms with Crippen molar-refractivity contribution in [2.45, 2.75) is 13.3 Å². The lowest BCUT2D eigenvalue weighted by Gasteiger charge is -2.04. The molecule has 0 bridgehead atoms. The van der Waals surface area contributed by atoms with Crippen LogP contribution in [-0.4, -0.2) is 32.7 Å². The molecule has 5 nitrogen and oxygen atoms in total. The fourth-order valence-corrected chi connectivity index (χ4v) is 2.03. The monoisotopic (exact) mass is 312 g/mol. The number of hydrogen-bond donors (Lipinski definition) is 2. The van der Waals surface area contributed by atoms with Gasteiger partial charge in [-0.15, -0.1) is 12.4 Å². The first-order chi connectivity index (χ1) is 9.74. The van der Waals surface area contributed by atoms with Gasteiger partial charge in [0.15, 0.2) is 0 Å². The molecule has 1 aromatic heterocycles. The van der Waals surface area contributed by atoms with Crippen molar-refractivity contribution in [3.63, 3.8) is 0 Å². The SMILES string of the molecule is CCNCCNC(=O)Cc1coc2cc(OC)ccc12.Cl. The summed E-state index contributed by atoms with van der Waals surface area (Å²) >= 11 is 0. The van der Waals surface area contributed by atoms with Crippen LogP contribution in [0.5, 0.6) is 5.75 Å². The first-order valence-corrected chi connectivity index (χ1v) is 6.76. The van der Waals surface area contributed by atoms with Crippen molar-refractivity contribution in [3.05, 3.63) is 30.0 Å². The van der Waals surface area contributed by atoms with E-state index in [2.05, 4.69) is 10.6 Å². The number of amides is 1. The molecule has 0 spiro atoms. The number of halogens is 1. The normalized spacial score (nSPS) is 10.2. The maximum Gasteiger partial charge on any atom is 0.224 e. The van der Waals surface area contributed by atoms with Gasteiger partial charge in [0.25, 0.3) is 0 Å². The first-order valence-electron chi connectivity index (χ1n) is 6.76. The zero-order valence-corrected chi connectivity index (χ0v) is 13.1. The molecule has 0 fully saturated rings. The Kier molecular flexibility index (Phi) is 7.05. The highest BCUT2D eigenvalue weighted by molar-refractivity contribution is 5.88. The molecule has 0 atom stereocenters. The van der Waals surface area contributed by atoms with E-state index in [0.717, 1.165) is 35.4 Å². The van der Waals surface area contributed by atoms with Crippen molar-refractivity contribution in [3.8, 4) is 5.75 Å². The van der Waals surface area contributed by atoms with Gasteiger partial charge in [-0.25, -0.2) is 0 Å². The topological polar surface area (TPSA) is 63.5 Å². The van der Waals surface area contributed by atoms with Gasteiger partial charge in [-0.2, -0.15) is 0 Å². The Morgan fingerprint density at radius 2 is 2.14 bits per heavy atom. The van der Waals surface area contributed by atoms with Gasteiger partial charge in [-0.3, -0.25) is 4.79 Å². The van der Waals surface area contributed by atoms with E-state index >= 15 is 0 Å².